The third-order valence-electron chi connectivity index (χ3n) is 2.71. The number of thiophene rings is 1. The molecule has 100 valence electrons. The van der Waals surface area contributed by atoms with E-state index >= 15 is 0 Å². The summed E-state index contributed by atoms with van der Waals surface area (Å²) in [7, 11) is 0. The second kappa shape index (κ2) is 6.12. The Labute approximate surface area is 114 Å². The van der Waals surface area contributed by atoms with E-state index in [9.17, 15) is 14.9 Å². The molecule has 1 amide bonds. The van der Waals surface area contributed by atoms with E-state index in [0.29, 0.717) is 9.75 Å². The van der Waals surface area contributed by atoms with E-state index < -0.39 is 4.92 Å². The average Bonchev–Trinajstić information content (AvgIpc) is 2.86. The number of carbonyl (C=O) groups is 1. The molecule has 1 aromatic rings. The van der Waals surface area contributed by atoms with Gasteiger partial charge in [0, 0.05) is 18.7 Å². The molecule has 0 spiro atoms. The summed E-state index contributed by atoms with van der Waals surface area (Å²) in [5.74, 6) is -0.222. The van der Waals surface area contributed by atoms with E-state index in [2.05, 4.69) is 10.6 Å². The van der Waals surface area contributed by atoms with Crippen LogP contribution in [0.4, 0.5) is 5.69 Å². The summed E-state index contributed by atoms with van der Waals surface area (Å²) in [6.45, 7) is 3.31. The van der Waals surface area contributed by atoms with E-state index in [4.69, 9.17) is 0 Å². The number of nitrogens with zero attached hydrogens (tertiary/aromatic N) is 1. The van der Waals surface area contributed by atoms with E-state index in [1.807, 2.05) is 0 Å². The minimum Gasteiger partial charge on any atom is -0.347 e. The lowest BCUT2D eigenvalue weighted by molar-refractivity contribution is -0.385. The molecule has 18 heavy (non-hydrogen) atoms. The molecule has 2 rings (SSSR count). The van der Waals surface area contributed by atoms with Crippen molar-refractivity contribution >= 4 is 35.3 Å². The van der Waals surface area contributed by atoms with Gasteiger partial charge in [-0.05, 0) is 19.9 Å². The highest BCUT2D eigenvalue weighted by Crippen LogP contribution is 2.27. The lowest BCUT2D eigenvalue weighted by Crippen LogP contribution is -2.35. The largest absolute Gasteiger partial charge is 0.347 e. The first-order valence-electron chi connectivity index (χ1n) is 5.34. The van der Waals surface area contributed by atoms with Crippen molar-refractivity contribution in [3.8, 4) is 0 Å². The van der Waals surface area contributed by atoms with Crippen molar-refractivity contribution in [2.45, 2.75) is 19.4 Å². The first-order chi connectivity index (χ1) is 8.08. The topological polar surface area (TPSA) is 84.3 Å². The molecule has 1 fully saturated rings. The molecule has 1 aromatic heterocycles. The van der Waals surface area contributed by atoms with Gasteiger partial charge < -0.3 is 10.6 Å². The van der Waals surface area contributed by atoms with Crippen LogP contribution in [-0.4, -0.2) is 30.0 Å². The monoisotopic (exact) mass is 291 g/mol. The number of aryl methyl sites for hydroxylation is 1. The van der Waals surface area contributed by atoms with Gasteiger partial charge in [0.2, 0.25) is 0 Å². The average molecular weight is 292 g/mol. The number of carbonyl (C=O) groups excluding carboxylic acids is 1. The van der Waals surface area contributed by atoms with E-state index in [1.165, 1.54) is 6.07 Å². The van der Waals surface area contributed by atoms with Crippen LogP contribution in [0, 0.1) is 17.0 Å². The van der Waals surface area contributed by atoms with Gasteiger partial charge in [0.25, 0.3) is 11.6 Å². The highest BCUT2D eigenvalue weighted by atomic mass is 35.5. The number of hydrogen-bond acceptors (Lipinski definition) is 5. The highest BCUT2D eigenvalue weighted by molar-refractivity contribution is 7.14. The molecular formula is C10H14ClN3O3S. The fraction of sp³-hybridized carbons (Fsp3) is 0.500. The number of halogens is 1. The van der Waals surface area contributed by atoms with Gasteiger partial charge in [-0.25, -0.2) is 0 Å². The first kappa shape index (κ1) is 14.9. The summed E-state index contributed by atoms with van der Waals surface area (Å²) in [5.41, 5.74) is 0.0182. The molecule has 6 nitrogen and oxygen atoms in total. The molecule has 1 unspecified atom stereocenters. The SMILES string of the molecule is Cc1sc(C(=O)NC2CCNC2)cc1[N+](=O)[O-].Cl. The molecular weight excluding hydrogens is 278 g/mol. The van der Waals surface area contributed by atoms with Crippen LogP contribution in [0.3, 0.4) is 0 Å². The Balaban J connectivity index is 0.00000162. The Morgan fingerprint density at radius 2 is 2.39 bits per heavy atom. The zero-order valence-corrected chi connectivity index (χ0v) is 11.4. The Bertz CT molecular complexity index is 457. The standard InChI is InChI=1S/C10H13N3O3S.ClH/c1-6-8(13(15)16)4-9(17-6)10(14)12-7-2-3-11-5-7;/h4,7,11H,2-3,5H2,1H3,(H,12,14);1H. The van der Waals surface area contributed by atoms with Gasteiger partial charge in [-0.1, -0.05) is 0 Å². The summed E-state index contributed by atoms with van der Waals surface area (Å²) in [5, 5.41) is 16.7. The van der Waals surface area contributed by atoms with Crippen LogP contribution >= 0.6 is 23.7 Å². The quantitative estimate of drug-likeness (QED) is 0.652. The molecule has 0 aromatic carbocycles. The Morgan fingerprint density at radius 3 is 2.89 bits per heavy atom. The maximum Gasteiger partial charge on any atom is 0.283 e. The van der Waals surface area contributed by atoms with Gasteiger partial charge in [-0.2, -0.15) is 0 Å². The van der Waals surface area contributed by atoms with Gasteiger partial charge in [0.05, 0.1) is 14.7 Å². The minimum atomic E-state index is -0.459. The van der Waals surface area contributed by atoms with Gasteiger partial charge in [0.1, 0.15) is 0 Å². The van der Waals surface area contributed by atoms with Crippen molar-refractivity contribution < 1.29 is 9.72 Å². The molecule has 0 bridgehead atoms. The third-order valence-corrected chi connectivity index (χ3v) is 3.75. The molecule has 2 heterocycles. The summed E-state index contributed by atoms with van der Waals surface area (Å²) in [4.78, 5) is 23.0. The fourth-order valence-corrected chi connectivity index (χ4v) is 2.69. The van der Waals surface area contributed by atoms with Crippen LogP contribution in [0.25, 0.3) is 0 Å². The number of amides is 1. The Kier molecular flexibility index (Phi) is 5.06. The van der Waals surface area contributed by atoms with Gasteiger partial charge in [0.15, 0.2) is 0 Å². The van der Waals surface area contributed by atoms with Gasteiger partial charge >= 0.3 is 0 Å². The van der Waals surface area contributed by atoms with Crippen LogP contribution < -0.4 is 10.6 Å². The lowest BCUT2D eigenvalue weighted by atomic mass is 10.2. The molecule has 1 atom stereocenters. The Hall–Kier alpha value is -1.18. The second-order valence-electron chi connectivity index (χ2n) is 3.97. The van der Waals surface area contributed by atoms with Crippen LogP contribution in [-0.2, 0) is 0 Å². The molecule has 0 saturated carbocycles. The number of hydrogen-bond donors (Lipinski definition) is 2. The summed E-state index contributed by atoms with van der Waals surface area (Å²) >= 11 is 1.16. The molecule has 1 aliphatic heterocycles. The van der Waals surface area contributed by atoms with Crippen LogP contribution in [0.15, 0.2) is 6.07 Å². The van der Waals surface area contributed by atoms with Crippen molar-refractivity contribution in [1.82, 2.24) is 10.6 Å². The maximum absolute atomic E-state index is 11.8. The van der Waals surface area contributed by atoms with Gasteiger partial charge in [-0.15, -0.1) is 23.7 Å². The van der Waals surface area contributed by atoms with Crippen molar-refractivity contribution in [3.63, 3.8) is 0 Å². The van der Waals surface area contributed by atoms with Crippen LogP contribution in [0.5, 0.6) is 0 Å². The molecule has 1 saturated heterocycles. The summed E-state index contributed by atoms with van der Waals surface area (Å²) < 4.78 is 0. The van der Waals surface area contributed by atoms with Crippen LogP contribution in [0.1, 0.15) is 21.0 Å². The van der Waals surface area contributed by atoms with Crippen molar-refractivity contribution in [1.29, 1.82) is 0 Å². The third kappa shape index (κ3) is 3.18. The van der Waals surface area contributed by atoms with Gasteiger partial charge in [-0.3, -0.25) is 14.9 Å². The molecule has 0 aliphatic carbocycles. The van der Waals surface area contributed by atoms with E-state index in [0.717, 1.165) is 30.8 Å². The van der Waals surface area contributed by atoms with Crippen LogP contribution in [0.2, 0.25) is 0 Å². The molecule has 0 radical (unpaired) electrons. The normalized spacial score (nSPS) is 18.2. The van der Waals surface area contributed by atoms with E-state index in [1.54, 1.807) is 6.92 Å². The van der Waals surface area contributed by atoms with Crippen molar-refractivity contribution in [3.05, 3.63) is 25.9 Å². The lowest BCUT2D eigenvalue weighted by Gasteiger charge is -2.09. The maximum atomic E-state index is 11.8. The van der Waals surface area contributed by atoms with Crippen molar-refractivity contribution in [2.24, 2.45) is 0 Å². The zero-order valence-electron chi connectivity index (χ0n) is 9.76. The second-order valence-corrected chi connectivity index (χ2v) is 5.23. The summed E-state index contributed by atoms with van der Waals surface area (Å²) in [6, 6.07) is 1.47. The predicted molar refractivity (Wildman–Crippen MR) is 71.7 cm³/mol. The van der Waals surface area contributed by atoms with E-state index in [-0.39, 0.29) is 30.0 Å². The molecule has 1 aliphatic rings. The minimum absolute atomic E-state index is 0. The molecule has 8 heteroatoms. The molecule has 2 N–H and O–H groups in total. The first-order valence-corrected chi connectivity index (χ1v) is 6.16. The predicted octanol–water partition coefficient (Wildman–Crippen LogP) is 1.48. The number of rotatable bonds is 3. The number of nitrogens with one attached hydrogen (secondary N) is 2. The Morgan fingerprint density at radius 1 is 1.67 bits per heavy atom. The summed E-state index contributed by atoms with van der Waals surface area (Å²) in [6.07, 6.45) is 0.901. The smallest absolute Gasteiger partial charge is 0.283 e. The zero-order chi connectivity index (χ0) is 12.4. The highest BCUT2D eigenvalue weighted by Gasteiger charge is 2.22. The fourth-order valence-electron chi connectivity index (χ4n) is 1.80. The number of nitro groups is 1. The van der Waals surface area contributed by atoms with Crippen molar-refractivity contribution in [2.75, 3.05) is 13.1 Å².